The summed E-state index contributed by atoms with van der Waals surface area (Å²) in [4.78, 5) is 17.7. The molecule has 1 aliphatic rings. The van der Waals surface area contributed by atoms with E-state index in [1.54, 1.807) is 7.11 Å². The van der Waals surface area contributed by atoms with Crippen molar-refractivity contribution in [2.24, 2.45) is 0 Å². The number of halogens is 2. The second-order valence-electron chi connectivity index (χ2n) is 6.31. The molecule has 2 aromatic carbocycles. The van der Waals surface area contributed by atoms with E-state index < -0.39 is 23.4 Å². The van der Waals surface area contributed by atoms with E-state index in [4.69, 9.17) is 4.74 Å². The molecule has 1 heterocycles. The Hall–Kier alpha value is -3.00. The minimum atomic E-state index is -0.842. The molecule has 0 fully saturated rings. The van der Waals surface area contributed by atoms with Crippen molar-refractivity contribution in [2.45, 2.75) is 19.3 Å². The second kappa shape index (κ2) is 7.55. The van der Waals surface area contributed by atoms with Gasteiger partial charge in [-0.05, 0) is 37.5 Å². The Balaban J connectivity index is 1.60. The lowest BCUT2D eigenvalue weighted by Crippen LogP contribution is -2.20. The van der Waals surface area contributed by atoms with Gasteiger partial charge < -0.3 is 10.1 Å². The van der Waals surface area contributed by atoms with Crippen LogP contribution in [-0.2, 0) is 12.8 Å². The standard InChI is InChI=1S/C20H17F2N3O2S/c1-27-16-10-3-6-12-11(16)5-2-9-15-18(12)28-20(23-15)25-19(26)24-17-13(21)7-4-8-14(17)22/h3-4,6-8,10H,2,5,9H2,1H3,(H2,23,24,25,26). The lowest BCUT2D eigenvalue weighted by molar-refractivity contribution is 0.262. The van der Waals surface area contributed by atoms with Crippen molar-refractivity contribution in [2.75, 3.05) is 17.7 Å². The molecule has 0 atom stereocenters. The molecule has 144 valence electrons. The molecular weight excluding hydrogens is 384 g/mol. The van der Waals surface area contributed by atoms with Crippen molar-refractivity contribution < 1.29 is 18.3 Å². The number of thiazole rings is 1. The Morgan fingerprint density at radius 2 is 1.86 bits per heavy atom. The average Bonchev–Trinajstić information content (AvgIpc) is 2.98. The van der Waals surface area contributed by atoms with E-state index in [-0.39, 0.29) is 0 Å². The van der Waals surface area contributed by atoms with E-state index in [1.165, 1.54) is 17.4 Å². The summed E-state index contributed by atoms with van der Waals surface area (Å²) in [6.07, 6.45) is 2.57. The minimum absolute atomic E-state index is 0.370. The summed E-state index contributed by atoms with van der Waals surface area (Å²) in [5.41, 5.74) is 2.56. The molecule has 3 aromatic rings. The van der Waals surface area contributed by atoms with Gasteiger partial charge in [-0.25, -0.2) is 18.6 Å². The zero-order valence-corrected chi connectivity index (χ0v) is 15.8. The number of nitrogens with zero attached hydrogens (tertiary/aromatic N) is 1. The van der Waals surface area contributed by atoms with Crippen LogP contribution in [-0.4, -0.2) is 18.1 Å². The molecule has 0 saturated carbocycles. The van der Waals surface area contributed by atoms with Crippen molar-refractivity contribution in [3.8, 4) is 16.2 Å². The molecule has 0 bridgehead atoms. The Labute approximate surface area is 164 Å². The van der Waals surface area contributed by atoms with E-state index >= 15 is 0 Å². The van der Waals surface area contributed by atoms with Crippen molar-refractivity contribution in [3.63, 3.8) is 0 Å². The summed E-state index contributed by atoms with van der Waals surface area (Å²) in [5.74, 6) is -0.849. The highest BCUT2D eigenvalue weighted by Crippen LogP contribution is 2.41. The SMILES string of the molecule is COc1cccc2c1CCCc1nc(NC(=O)Nc3c(F)cccc3F)sc1-2. The number of hydrogen-bond donors (Lipinski definition) is 2. The quantitative estimate of drug-likeness (QED) is 0.632. The number of urea groups is 1. The second-order valence-corrected chi connectivity index (χ2v) is 7.31. The maximum absolute atomic E-state index is 13.7. The van der Waals surface area contributed by atoms with Crippen LogP contribution in [0.4, 0.5) is 24.4 Å². The largest absolute Gasteiger partial charge is 0.496 e. The normalized spacial score (nSPS) is 12.5. The third-order valence-electron chi connectivity index (χ3n) is 4.56. The predicted molar refractivity (Wildman–Crippen MR) is 105 cm³/mol. The molecule has 28 heavy (non-hydrogen) atoms. The summed E-state index contributed by atoms with van der Waals surface area (Å²) in [6.45, 7) is 0. The van der Waals surface area contributed by atoms with Gasteiger partial charge in [0.25, 0.3) is 0 Å². The van der Waals surface area contributed by atoms with Gasteiger partial charge in [0.1, 0.15) is 23.1 Å². The first-order valence-corrected chi connectivity index (χ1v) is 9.56. The summed E-state index contributed by atoms with van der Waals surface area (Å²) >= 11 is 1.33. The van der Waals surface area contributed by atoms with Gasteiger partial charge in [0.2, 0.25) is 0 Å². The van der Waals surface area contributed by atoms with Gasteiger partial charge in [-0.1, -0.05) is 29.5 Å². The number of aryl methyl sites for hydroxylation is 1. The molecule has 1 aliphatic carbocycles. The first kappa shape index (κ1) is 18.4. The molecule has 4 rings (SSSR count). The van der Waals surface area contributed by atoms with Crippen molar-refractivity contribution in [3.05, 3.63) is 59.3 Å². The number of nitrogens with one attached hydrogen (secondary N) is 2. The van der Waals surface area contributed by atoms with Gasteiger partial charge in [-0.2, -0.15) is 0 Å². The summed E-state index contributed by atoms with van der Waals surface area (Å²) in [7, 11) is 1.65. The average molecular weight is 401 g/mol. The van der Waals surface area contributed by atoms with E-state index in [9.17, 15) is 13.6 Å². The van der Waals surface area contributed by atoms with Crippen LogP contribution in [0.3, 0.4) is 0 Å². The van der Waals surface area contributed by atoms with Gasteiger partial charge in [-0.15, -0.1) is 0 Å². The first-order valence-electron chi connectivity index (χ1n) is 8.75. The Kier molecular flexibility index (Phi) is 4.95. The number of carbonyl (C=O) groups excluding carboxylic acids is 1. The lowest BCUT2D eigenvalue weighted by atomic mass is 10.0. The highest BCUT2D eigenvalue weighted by atomic mass is 32.1. The fraction of sp³-hybridized carbons (Fsp3) is 0.200. The molecule has 0 aliphatic heterocycles. The molecule has 2 N–H and O–H groups in total. The highest BCUT2D eigenvalue weighted by molar-refractivity contribution is 7.19. The van der Waals surface area contributed by atoms with Crippen molar-refractivity contribution in [1.29, 1.82) is 0 Å². The maximum Gasteiger partial charge on any atom is 0.325 e. The molecule has 0 unspecified atom stereocenters. The third-order valence-corrected chi connectivity index (χ3v) is 5.60. The van der Waals surface area contributed by atoms with Gasteiger partial charge in [-0.3, -0.25) is 5.32 Å². The number of rotatable bonds is 3. The fourth-order valence-electron chi connectivity index (χ4n) is 3.30. The Bertz CT molecular complexity index is 1030. The number of amides is 2. The maximum atomic E-state index is 13.7. The van der Waals surface area contributed by atoms with Crippen LogP contribution in [0.5, 0.6) is 5.75 Å². The first-order chi connectivity index (χ1) is 13.6. The van der Waals surface area contributed by atoms with Crippen molar-refractivity contribution in [1.82, 2.24) is 4.98 Å². The van der Waals surface area contributed by atoms with Crippen LogP contribution in [0.25, 0.3) is 10.4 Å². The predicted octanol–water partition coefficient (Wildman–Crippen LogP) is 5.23. The molecule has 5 nitrogen and oxygen atoms in total. The molecule has 0 saturated heterocycles. The van der Waals surface area contributed by atoms with E-state index in [2.05, 4.69) is 15.6 Å². The number of ether oxygens (including phenoxy) is 1. The van der Waals surface area contributed by atoms with Gasteiger partial charge in [0.05, 0.1) is 17.7 Å². The van der Waals surface area contributed by atoms with Gasteiger partial charge in [0, 0.05) is 11.1 Å². The summed E-state index contributed by atoms with van der Waals surface area (Å²) < 4.78 is 32.9. The van der Waals surface area contributed by atoms with Crippen LogP contribution in [0.15, 0.2) is 36.4 Å². The number of carbonyl (C=O) groups is 1. The van der Waals surface area contributed by atoms with E-state index in [0.717, 1.165) is 58.8 Å². The van der Waals surface area contributed by atoms with Crippen LogP contribution >= 0.6 is 11.3 Å². The van der Waals surface area contributed by atoms with Crippen LogP contribution < -0.4 is 15.4 Å². The number of hydrogen-bond acceptors (Lipinski definition) is 4. The number of aromatic nitrogens is 1. The molecule has 8 heteroatoms. The smallest absolute Gasteiger partial charge is 0.325 e. The summed E-state index contributed by atoms with van der Waals surface area (Å²) in [5, 5.41) is 5.15. The van der Waals surface area contributed by atoms with Gasteiger partial charge >= 0.3 is 6.03 Å². The molecule has 0 spiro atoms. The number of benzene rings is 2. The monoisotopic (exact) mass is 401 g/mol. The number of para-hydroxylation sites is 1. The molecular formula is C20H17F2N3O2S. The minimum Gasteiger partial charge on any atom is -0.496 e. The molecule has 2 amide bonds. The molecule has 1 aromatic heterocycles. The topological polar surface area (TPSA) is 63.2 Å². The number of anilines is 2. The number of fused-ring (bicyclic) bond motifs is 3. The van der Waals surface area contributed by atoms with E-state index in [1.807, 2.05) is 18.2 Å². The van der Waals surface area contributed by atoms with Crippen LogP contribution in [0.1, 0.15) is 17.7 Å². The molecule has 0 radical (unpaired) electrons. The van der Waals surface area contributed by atoms with Crippen LogP contribution in [0.2, 0.25) is 0 Å². The zero-order valence-electron chi connectivity index (χ0n) is 15.0. The Morgan fingerprint density at radius 1 is 1.11 bits per heavy atom. The third kappa shape index (κ3) is 3.43. The van der Waals surface area contributed by atoms with Crippen LogP contribution in [0, 0.1) is 11.6 Å². The van der Waals surface area contributed by atoms with Crippen molar-refractivity contribution >= 4 is 28.2 Å². The number of methoxy groups -OCH3 is 1. The summed E-state index contributed by atoms with van der Waals surface area (Å²) in [6, 6.07) is 8.51. The highest BCUT2D eigenvalue weighted by Gasteiger charge is 2.22. The fourth-order valence-corrected chi connectivity index (χ4v) is 4.36. The van der Waals surface area contributed by atoms with Gasteiger partial charge in [0.15, 0.2) is 5.13 Å². The zero-order chi connectivity index (χ0) is 19.7. The lowest BCUT2D eigenvalue weighted by Gasteiger charge is -2.10. The Morgan fingerprint density at radius 3 is 2.61 bits per heavy atom. The van der Waals surface area contributed by atoms with E-state index in [0.29, 0.717) is 5.13 Å².